The summed E-state index contributed by atoms with van der Waals surface area (Å²) in [4.78, 5) is 8.59. The molecule has 24 heavy (non-hydrogen) atoms. The highest BCUT2D eigenvalue weighted by Crippen LogP contribution is 2.32. The summed E-state index contributed by atoms with van der Waals surface area (Å²) in [7, 11) is 1.71. The van der Waals surface area contributed by atoms with E-state index in [4.69, 9.17) is 4.74 Å². The molecule has 0 amide bonds. The zero-order valence-corrected chi connectivity index (χ0v) is 14.5. The van der Waals surface area contributed by atoms with E-state index in [0.717, 1.165) is 29.2 Å². The maximum Gasteiger partial charge on any atom is 0.254 e. The van der Waals surface area contributed by atoms with Gasteiger partial charge < -0.3 is 10.1 Å². The maximum absolute atomic E-state index is 5.55. The molecular weight excluding hydrogens is 302 g/mol. The average Bonchev–Trinajstić information content (AvgIpc) is 3.02. The molecule has 0 bridgehead atoms. The lowest BCUT2D eigenvalue weighted by atomic mass is 9.96. The Hall–Kier alpha value is -2.63. The number of hydrogen-bond acceptors (Lipinski definition) is 5. The summed E-state index contributed by atoms with van der Waals surface area (Å²) >= 11 is 0. The van der Waals surface area contributed by atoms with Gasteiger partial charge in [0.1, 0.15) is 17.9 Å². The number of hydrogen-bond donors (Lipinski definition) is 1. The van der Waals surface area contributed by atoms with Gasteiger partial charge in [-0.15, -0.1) is 0 Å². The Labute approximate surface area is 141 Å². The van der Waals surface area contributed by atoms with Crippen molar-refractivity contribution in [3.8, 4) is 5.75 Å². The molecule has 0 saturated carbocycles. The minimum atomic E-state index is 0.107. The standard InChI is InChI=1S/C18H23N5O/c1-12(2)9-15(14-7-5-6-8-16(14)24-4)22-17-10-13(3)21-18-19-11-20-23(17)18/h5-8,10-12,15,22H,9H2,1-4H3. The second-order valence-electron chi connectivity index (χ2n) is 6.32. The molecule has 2 heterocycles. The van der Waals surface area contributed by atoms with Gasteiger partial charge in [0.05, 0.1) is 13.2 Å². The van der Waals surface area contributed by atoms with Crippen LogP contribution in [0, 0.1) is 12.8 Å². The molecule has 1 unspecified atom stereocenters. The number of benzene rings is 1. The van der Waals surface area contributed by atoms with Crippen LogP contribution in [0.25, 0.3) is 5.78 Å². The highest BCUT2D eigenvalue weighted by atomic mass is 16.5. The summed E-state index contributed by atoms with van der Waals surface area (Å²) < 4.78 is 7.29. The van der Waals surface area contributed by atoms with Crippen LogP contribution in [0.1, 0.15) is 37.6 Å². The van der Waals surface area contributed by atoms with Gasteiger partial charge in [0, 0.05) is 17.3 Å². The SMILES string of the molecule is COc1ccccc1C(CC(C)C)Nc1cc(C)nc2ncnn12. The number of methoxy groups -OCH3 is 1. The van der Waals surface area contributed by atoms with E-state index in [2.05, 4.69) is 40.3 Å². The highest BCUT2D eigenvalue weighted by Gasteiger charge is 2.19. The lowest BCUT2D eigenvalue weighted by Gasteiger charge is -2.24. The van der Waals surface area contributed by atoms with Crippen LogP contribution in [-0.4, -0.2) is 26.7 Å². The minimum Gasteiger partial charge on any atom is -0.496 e. The Bertz CT molecular complexity index is 827. The van der Waals surface area contributed by atoms with E-state index < -0.39 is 0 Å². The summed E-state index contributed by atoms with van der Waals surface area (Å²) in [5, 5.41) is 7.89. The van der Waals surface area contributed by atoms with Crippen LogP contribution < -0.4 is 10.1 Å². The van der Waals surface area contributed by atoms with Crippen molar-refractivity contribution in [1.82, 2.24) is 19.6 Å². The van der Waals surface area contributed by atoms with Crippen LogP contribution in [0.3, 0.4) is 0 Å². The van der Waals surface area contributed by atoms with Crippen molar-refractivity contribution in [2.24, 2.45) is 5.92 Å². The summed E-state index contributed by atoms with van der Waals surface area (Å²) in [5.41, 5.74) is 2.04. The summed E-state index contributed by atoms with van der Waals surface area (Å²) in [6.45, 7) is 6.39. The van der Waals surface area contributed by atoms with Gasteiger partial charge in [-0.2, -0.15) is 14.6 Å². The zero-order valence-electron chi connectivity index (χ0n) is 14.5. The zero-order chi connectivity index (χ0) is 17.1. The van der Waals surface area contributed by atoms with Crippen molar-refractivity contribution < 1.29 is 4.74 Å². The molecule has 3 rings (SSSR count). The number of nitrogens with one attached hydrogen (secondary N) is 1. The van der Waals surface area contributed by atoms with Gasteiger partial charge in [0.2, 0.25) is 0 Å². The third kappa shape index (κ3) is 3.32. The predicted molar refractivity (Wildman–Crippen MR) is 94.3 cm³/mol. The third-order valence-corrected chi connectivity index (χ3v) is 3.92. The van der Waals surface area contributed by atoms with Crippen LogP contribution in [0.2, 0.25) is 0 Å². The molecular formula is C18H23N5O. The van der Waals surface area contributed by atoms with Crippen molar-refractivity contribution in [3.63, 3.8) is 0 Å². The Morgan fingerprint density at radius 3 is 2.79 bits per heavy atom. The average molecular weight is 325 g/mol. The molecule has 1 atom stereocenters. The van der Waals surface area contributed by atoms with Gasteiger partial charge in [-0.1, -0.05) is 32.0 Å². The van der Waals surface area contributed by atoms with Crippen molar-refractivity contribution in [2.75, 3.05) is 12.4 Å². The largest absolute Gasteiger partial charge is 0.496 e. The molecule has 0 radical (unpaired) electrons. The van der Waals surface area contributed by atoms with E-state index in [0.29, 0.717) is 11.7 Å². The number of ether oxygens (including phenoxy) is 1. The van der Waals surface area contributed by atoms with Crippen molar-refractivity contribution in [1.29, 1.82) is 0 Å². The predicted octanol–water partition coefficient (Wildman–Crippen LogP) is 3.64. The lowest BCUT2D eigenvalue weighted by Crippen LogP contribution is -2.17. The van der Waals surface area contributed by atoms with Gasteiger partial charge in [0.15, 0.2) is 0 Å². The number of para-hydroxylation sites is 1. The van der Waals surface area contributed by atoms with Crippen LogP contribution in [0.4, 0.5) is 5.82 Å². The molecule has 1 aromatic carbocycles. The van der Waals surface area contributed by atoms with E-state index in [9.17, 15) is 0 Å². The summed E-state index contributed by atoms with van der Waals surface area (Å²) in [6, 6.07) is 10.2. The van der Waals surface area contributed by atoms with E-state index in [-0.39, 0.29) is 6.04 Å². The molecule has 0 fully saturated rings. The quantitative estimate of drug-likeness (QED) is 0.749. The number of aryl methyl sites for hydroxylation is 1. The Kier molecular flexibility index (Phi) is 4.64. The molecule has 0 saturated heterocycles. The highest BCUT2D eigenvalue weighted by molar-refractivity contribution is 5.48. The monoisotopic (exact) mass is 325 g/mol. The third-order valence-electron chi connectivity index (χ3n) is 3.92. The molecule has 0 aliphatic heterocycles. The fraction of sp³-hybridized carbons (Fsp3) is 0.389. The first-order valence-electron chi connectivity index (χ1n) is 8.15. The van der Waals surface area contributed by atoms with Gasteiger partial charge in [-0.25, -0.2) is 4.98 Å². The smallest absolute Gasteiger partial charge is 0.254 e. The van der Waals surface area contributed by atoms with Gasteiger partial charge >= 0.3 is 0 Å². The topological polar surface area (TPSA) is 64.3 Å². The van der Waals surface area contributed by atoms with Gasteiger partial charge in [0.25, 0.3) is 5.78 Å². The first-order chi connectivity index (χ1) is 11.6. The number of nitrogens with zero attached hydrogens (tertiary/aromatic N) is 4. The van der Waals surface area contributed by atoms with Gasteiger partial charge in [-0.05, 0) is 25.3 Å². The molecule has 0 aliphatic rings. The van der Waals surface area contributed by atoms with E-state index in [1.54, 1.807) is 11.6 Å². The van der Waals surface area contributed by atoms with Crippen LogP contribution in [0.5, 0.6) is 5.75 Å². The minimum absolute atomic E-state index is 0.107. The Morgan fingerprint density at radius 1 is 1.25 bits per heavy atom. The maximum atomic E-state index is 5.55. The van der Waals surface area contributed by atoms with Crippen molar-refractivity contribution in [3.05, 3.63) is 47.9 Å². The first-order valence-corrected chi connectivity index (χ1v) is 8.15. The fourth-order valence-electron chi connectivity index (χ4n) is 2.90. The molecule has 3 aromatic rings. The molecule has 6 nitrogen and oxygen atoms in total. The number of fused-ring (bicyclic) bond motifs is 1. The van der Waals surface area contributed by atoms with Gasteiger partial charge in [-0.3, -0.25) is 0 Å². The van der Waals surface area contributed by atoms with E-state index in [1.165, 1.54) is 6.33 Å². The van der Waals surface area contributed by atoms with E-state index in [1.807, 2.05) is 31.2 Å². The fourth-order valence-corrected chi connectivity index (χ4v) is 2.90. The molecule has 6 heteroatoms. The molecule has 0 aliphatic carbocycles. The van der Waals surface area contributed by atoms with E-state index >= 15 is 0 Å². The lowest BCUT2D eigenvalue weighted by molar-refractivity contribution is 0.402. The number of rotatable bonds is 6. The molecule has 1 N–H and O–H groups in total. The van der Waals surface area contributed by atoms with Crippen molar-refractivity contribution in [2.45, 2.75) is 33.2 Å². The molecule has 2 aromatic heterocycles. The molecule has 0 spiro atoms. The second kappa shape index (κ2) is 6.86. The Morgan fingerprint density at radius 2 is 2.04 bits per heavy atom. The van der Waals surface area contributed by atoms with Crippen LogP contribution >= 0.6 is 0 Å². The Balaban J connectivity index is 2.01. The van der Waals surface area contributed by atoms with Crippen LogP contribution in [0.15, 0.2) is 36.7 Å². The molecule has 126 valence electrons. The van der Waals surface area contributed by atoms with Crippen LogP contribution in [-0.2, 0) is 0 Å². The first kappa shape index (κ1) is 16.2. The number of anilines is 1. The second-order valence-corrected chi connectivity index (χ2v) is 6.32. The van der Waals surface area contributed by atoms with Crippen molar-refractivity contribution >= 4 is 11.6 Å². The number of aromatic nitrogens is 4. The normalized spacial score (nSPS) is 12.5. The summed E-state index contributed by atoms with van der Waals surface area (Å²) in [6.07, 6.45) is 2.49. The summed E-state index contributed by atoms with van der Waals surface area (Å²) in [5.74, 6) is 2.89.